The molecule has 0 heterocycles. The molecule has 0 rings (SSSR count). The molecule has 0 aliphatic heterocycles. The zero-order valence-electron chi connectivity index (χ0n) is 3.64. The van der Waals surface area contributed by atoms with Gasteiger partial charge in [-0.3, -0.25) is 0 Å². The molecular formula is C4H6Cl2Pt. The summed E-state index contributed by atoms with van der Waals surface area (Å²) in [4.78, 5) is 0. The van der Waals surface area contributed by atoms with Crippen LogP contribution in [0.5, 0.6) is 0 Å². The maximum atomic E-state index is 3.36. The number of allylic oxidation sites excluding steroid dienone is 2. The molecule has 0 fully saturated rings. The van der Waals surface area contributed by atoms with Crippen LogP contribution in [-0.2, 0) is 21.1 Å². The van der Waals surface area contributed by atoms with Crippen molar-refractivity contribution in [3.63, 3.8) is 0 Å². The number of halogens is 2. The molecule has 0 N–H and O–H groups in total. The largest absolute Gasteiger partial charge is 2.00 e. The van der Waals surface area contributed by atoms with Gasteiger partial charge in [-0.05, 0) is 0 Å². The smallest absolute Gasteiger partial charge is 1.00 e. The Morgan fingerprint density at radius 1 is 0.857 bits per heavy atom. The Morgan fingerprint density at radius 3 is 1.00 bits per heavy atom. The molecule has 0 aromatic carbocycles. The molecule has 3 heteroatoms. The molecule has 0 radical (unpaired) electrons. The first kappa shape index (κ1) is 25.1. The van der Waals surface area contributed by atoms with Crippen molar-refractivity contribution in [1.82, 2.24) is 0 Å². The molecule has 0 nitrogen and oxygen atoms in total. The second-order valence-corrected chi connectivity index (χ2v) is 0.471. The van der Waals surface area contributed by atoms with Crippen LogP contribution in [0, 0.1) is 0 Å². The van der Waals surface area contributed by atoms with Crippen LogP contribution in [0.2, 0.25) is 0 Å². The zero-order chi connectivity index (χ0) is 3.41. The van der Waals surface area contributed by atoms with E-state index in [4.69, 9.17) is 0 Å². The van der Waals surface area contributed by atoms with E-state index in [1.807, 2.05) is 0 Å². The first-order chi connectivity index (χ1) is 1.91. The fourth-order valence-electron chi connectivity index (χ4n) is 0. The van der Waals surface area contributed by atoms with Gasteiger partial charge in [-0.2, -0.15) is 0 Å². The Hall–Kier alpha value is 0.748. The fourth-order valence-corrected chi connectivity index (χ4v) is 0. The first-order valence-electron chi connectivity index (χ1n) is 1.15. The van der Waals surface area contributed by atoms with E-state index >= 15 is 0 Å². The van der Waals surface area contributed by atoms with Crippen LogP contribution in [0.4, 0.5) is 0 Å². The van der Waals surface area contributed by atoms with Gasteiger partial charge in [0.25, 0.3) is 0 Å². The summed E-state index contributed by atoms with van der Waals surface area (Å²) in [5.41, 5.74) is 0. The average Bonchev–Trinajstić information content (AvgIpc) is 1.37. The summed E-state index contributed by atoms with van der Waals surface area (Å²) in [6, 6.07) is 0. The van der Waals surface area contributed by atoms with Gasteiger partial charge in [0.05, 0.1) is 0 Å². The van der Waals surface area contributed by atoms with E-state index in [0.29, 0.717) is 0 Å². The molecule has 0 bridgehead atoms. The summed E-state index contributed by atoms with van der Waals surface area (Å²) in [6.45, 7) is 6.72. The predicted octanol–water partition coefficient (Wildman–Crippen LogP) is -4.64. The second-order valence-electron chi connectivity index (χ2n) is 0.471. The summed E-state index contributed by atoms with van der Waals surface area (Å²) < 4.78 is 0. The van der Waals surface area contributed by atoms with E-state index in [2.05, 4.69) is 13.2 Å². The summed E-state index contributed by atoms with van der Waals surface area (Å²) in [6.07, 6.45) is 3.28. The van der Waals surface area contributed by atoms with Crippen LogP contribution in [-0.4, -0.2) is 0 Å². The third-order valence-corrected chi connectivity index (χ3v) is 0.167. The minimum Gasteiger partial charge on any atom is -1.00 e. The van der Waals surface area contributed by atoms with Crippen molar-refractivity contribution < 1.29 is 45.9 Å². The van der Waals surface area contributed by atoms with Crippen LogP contribution < -0.4 is 24.8 Å². The van der Waals surface area contributed by atoms with E-state index in [9.17, 15) is 0 Å². The minimum atomic E-state index is 0. The van der Waals surface area contributed by atoms with Crippen molar-refractivity contribution in [3.05, 3.63) is 25.3 Å². The van der Waals surface area contributed by atoms with Crippen LogP contribution in [0.1, 0.15) is 0 Å². The first-order valence-corrected chi connectivity index (χ1v) is 1.15. The Kier molecular flexibility index (Phi) is 106. The van der Waals surface area contributed by atoms with Crippen molar-refractivity contribution in [2.24, 2.45) is 0 Å². The SMILES string of the molecule is C=CC=C.[Cl-].[Cl-].[Pt+2]. The van der Waals surface area contributed by atoms with Crippen LogP contribution >= 0.6 is 0 Å². The third kappa shape index (κ3) is 49.8. The minimum absolute atomic E-state index is 0. The Balaban J connectivity index is -0.0000000150. The van der Waals surface area contributed by atoms with Crippen molar-refractivity contribution in [2.45, 2.75) is 0 Å². The quantitative estimate of drug-likeness (QED) is 0.427. The summed E-state index contributed by atoms with van der Waals surface area (Å²) in [5, 5.41) is 0. The molecule has 0 unspecified atom stereocenters. The molecule has 46 valence electrons. The second kappa shape index (κ2) is 29.5. The summed E-state index contributed by atoms with van der Waals surface area (Å²) in [5.74, 6) is 0. The van der Waals surface area contributed by atoms with E-state index in [1.165, 1.54) is 0 Å². The number of hydrogen-bond donors (Lipinski definition) is 0. The van der Waals surface area contributed by atoms with Gasteiger partial charge in [-0.1, -0.05) is 25.3 Å². The molecular weight excluding hydrogens is 314 g/mol. The van der Waals surface area contributed by atoms with Gasteiger partial charge in [0, 0.05) is 0 Å². The molecule has 0 amide bonds. The molecule has 0 aromatic rings. The Morgan fingerprint density at radius 2 is 1.00 bits per heavy atom. The van der Waals surface area contributed by atoms with Gasteiger partial charge in [0.15, 0.2) is 0 Å². The van der Waals surface area contributed by atoms with E-state index in [1.54, 1.807) is 12.2 Å². The maximum Gasteiger partial charge on any atom is 2.00 e. The topological polar surface area (TPSA) is 0 Å². The normalized spacial score (nSPS) is 2.86. The average molecular weight is 320 g/mol. The number of hydrogen-bond acceptors (Lipinski definition) is 0. The molecule has 0 aliphatic rings. The van der Waals surface area contributed by atoms with Gasteiger partial charge in [0.2, 0.25) is 0 Å². The predicted molar refractivity (Wildman–Crippen MR) is 20.4 cm³/mol. The molecule has 7 heavy (non-hydrogen) atoms. The molecule has 0 saturated heterocycles. The van der Waals surface area contributed by atoms with Crippen molar-refractivity contribution in [2.75, 3.05) is 0 Å². The van der Waals surface area contributed by atoms with Crippen molar-refractivity contribution in [1.29, 1.82) is 0 Å². The Bertz CT molecular complexity index is 30.7. The fraction of sp³-hybridized carbons (Fsp3) is 0. The van der Waals surface area contributed by atoms with Gasteiger partial charge >= 0.3 is 21.1 Å². The molecule has 0 spiro atoms. The van der Waals surface area contributed by atoms with Crippen LogP contribution in [0.3, 0.4) is 0 Å². The maximum absolute atomic E-state index is 3.36. The van der Waals surface area contributed by atoms with Crippen molar-refractivity contribution >= 4 is 0 Å². The van der Waals surface area contributed by atoms with E-state index in [0.717, 1.165) is 0 Å². The molecule has 0 atom stereocenters. The molecule has 0 aromatic heterocycles. The van der Waals surface area contributed by atoms with Gasteiger partial charge in [0.1, 0.15) is 0 Å². The number of rotatable bonds is 1. The molecule has 0 saturated carbocycles. The van der Waals surface area contributed by atoms with Crippen LogP contribution in [0.25, 0.3) is 0 Å². The van der Waals surface area contributed by atoms with Crippen molar-refractivity contribution in [3.8, 4) is 0 Å². The van der Waals surface area contributed by atoms with E-state index in [-0.39, 0.29) is 45.9 Å². The van der Waals surface area contributed by atoms with Gasteiger partial charge < -0.3 is 24.8 Å². The Labute approximate surface area is 71.1 Å². The molecule has 0 aliphatic carbocycles. The van der Waals surface area contributed by atoms with Gasteiger partial charge in [-0.25, -0.2) is 0 Å². The standard InChI is InChI=1S/C4H6.2ClH.Pt/c1-3-4-2;;;/h3-4H,1-2H2;2*1H;/q;;;+2/p-2. The zero-order valence-corrected chi connectivity index (χ0v) is 7.43. The monoisotopic (exact) mass is 319 g/mol. The summed E-state index contributed by atoms with van der Waals surface area (Å²) in [7, 11) is 0. The van der Waals surface area contributed by atoms with E-state index < -0.39 is 0 Å². The third-order valence-electron chi connectivity index (χ3n) is 0.167. The van der Waals surface area contributed by atoms with Gasteiger partial charge in [-0.15, -0.1) is 0 Å². The van der Waals surface area contributed by atoms with Crippen LogP contribution in [0.15, 0.2) is 25.3 Å². The summed E-state index contributed by atoms with van der Waals surface area (Å²) >= 11 is 0.